The highest BCUT2D eigenvalue weighted by atomic mass is 19.1. The van der Waals surface area contributed by atoms with Crippen molar-refractivity contribution in [3.63, 3.8) is 0 Å². The van der Waals surface area contributed by atoms with Gasteiger partial charge in [-0.2, -0.15) is 4.98 Å². The van der Waals surface area contributed by atoms with Crippen LogP contribution in [-0.4, -0.2) is 61.2 Å². The molecule has 33 heavy (non-hydrogen) atoms. The van der Waals surface area contributed by atoms with E-state index in [1.54, 1.807) is 14.0 Å². The first-order valence-electron chi connectivity index (χ1n) is 11.7. The number of methoxy groups -OCH3 is 1. The maximum Gasteiger partial charge on any atom is 0.227 e. The number of carbonyl (C=O) groups is 1. The molecule has 4 rings (SSSR count). The molecule has 2 aromatic rings. The first-order chi connectivity index (χ1) is 15.9. The quantitative estimate of drug-likeness (QED) is 0.595. The third kappa shape index (κ3) is 5.79. The number of benzene rings is 1. The van der Waals surface area contributed by atoms with Crippen molar-refractivity contribution >= 4 is 17.5 Å². The number of hydrogen-bond acceptors (Lipinski definition) is 7. The van der Waals surface area contributed by atoms with Crippen molar-refractivity contribution < 1.29 is 18.7 Å². The van der Waals surface area contributed by atoms with Gasteiger partial charge in [0.25, 0.3) is 0 Å². The summed E-state index contributed by atoms with van der Waals surface area (Å²) >= 11 is 0. The highest BCUT2D eigenvalue weighted by molar-refractivity contribution is 5.76. The summed E-state index contributed by atoms with van der Waals surface area (Å²) in [6, 6.07) is 7.92. The van der Waals surface area contributed by atoms with Crippen LogP contribution in [0.3, 0.4) is 0 Å². The zero-order chi connectivity index (χ0) is 23.4. The van der Waals surface area contributed by atoms with Crippen LogP contribution in [0.15, 0.2) is 30.5 Å². The SMILES string of the molecule is COC1CCN(c2ncc(F)c(N3CC[C@@H](Oc4ccc([C@H](C)CC(C)=O)cc4)C3)n2)CC1. The van der Waals surface area contributed by atoms with E-state index < -0.39 is 5.82 Å². The standard InChI is InChI=1S/C25H33FN4O3/c1-17(14-18(2)31)19-4-6-21(7-5-19)33-22-10-13-30(16-22)24-23(26)15-27-25(28-24)29-11-8-20(32-3)9-12-29/h4-7,15,17,20,22H,8-14,16H2,1-3H3/t17-,22-/m1/s1. The van der Waals surface area contributed by atoms with Crippen LogP contribution < -0.4 is 14.5 Å². The number of aromatic nitrogens is 2. The van der Waals surface area contributed by atoms with Gasteiger partial charge in [0.15, 0.2) is 11.6 Å². The molecule has 8 heteroatoms. The van der Waals surface area contributed by atoms with Gasteiger partial charge in [0.1, 0.15) is 17.6 Å². The fourth-order valence-electron chi connectivity index (χ4n) is 4.65. The Kier molecular flexibility index (Phi) is 7.42. The average molecular weight is 457 g/mol. The molecule has 0 unspecified atom stereocenters. The molecule has 2 aliphatic rings. The molecule has 0 N–H and O–H groups in total. The molecule has 0 spiro atoms. The van der Waals surface area contributed by atoms with Crippen molar-refractivity contribution in [3.05, 3.63) is 41.8 Å². The van der Waals surface area contributed by atoms with Gasteiger partial charge in [0.2, 0.25) is 5.95 Å². The minimum atomic E-state index is -0.407. The second-order valence-electron chi connectivity index (χ2n) is 9.11. The summed E-state index contributed by atoms with van der Waals surface area (Å²) in [6.07, 6.45) is 4.66. The van der Waals surface area contributed by atoms with Gasteiger partial charge in [-0.25, -0.2) is 9.37 Å². The molecule has 2 aliphatic heterocycles. The third-order valence-electron chi connectivity index (χ3n) is 6.56. The number of ketones is 1. The molecular weight excluding hydrogens is 423 g/mol. The topological polar surface area (TPSA) is 67.8 Å². The first-order valence-corrected chi connectivity index (χ1v) is 11.7. The summed E-state index contributed by atoms with van der Waals surface area (Å²) in [7, 11) is 1.74. The molecule has 0 saturated carbocycles. The van der Waals surface area contributed by atoms with Crippen molar-refractivity contribution in [2.75, 3.05) is 43.1 Å². The molecule has 2 fully saturated rings. The number of Topliss-reactive ketones (excluding diaryl/α,β-unsaturated/α-hetero) is 1. The molecule has 1 aromatic carbocycles. The van der Waals surface area contributed by atoms with Crippen LogP contribution in [0.4, 0.5) is 16.2 Å². The first kappa shape index (κ1) is 23.4. The van der Waals surface area contributed by atoms with Gasteiger partial charge in [0, 0.05) is 39.6 Å². The van der Waals surface area contributed by atoms with E-state index in [-0.39, 0.29) is 23.9 Å². The van der Waals surface area contributed by atoms with Crippen LogP contribution in [0, 0.1) is 5.82 Å². The van der Waals surface area contributed by atoms with E-state index in [1.807, 2.05) is 29.2 Å². The van der Waals surface area contributed by atoms with E-state index in [0.29, 0.717) is 31.3 Å². The second kappa shape index (κ2) is 10.5. The lowest BCUT2D eigenvalue weighted by molar-refractivity contribution is -0.117. The average Bonchev–Trinajstić information content (AvgIpc) is 3.27. The monoisotopic (exact) mass is 456 g/mol. The molecule has 178 valence electrons. The Morgan fingerprint density at radius 2 is 1.79 bits per heavy atom. The smallest absolute Gasteiger partial charge is 0.227 e. The zero-order valence-electron chi connectivity index (χ0n) is 19.7. The number of nitrogens with zero attached hydrogens (tertiary/aromatic N) is 4. The zero-order valence-corrected chi connectivity index (χ0v) is 19.7. The number of hydrogen-bond donors (Lipinski definition) is 0. The van der Waals surface area contributed by atoms with E-state index >= 15 is 0 Å². The van der Waals surface area contributed by atoms with E-state index in [2.05, 4.69) is 21.8 Å². The van der Waals surface area contributed by atoms with Gasteiger partial charge in [-0.15, -0.1) is 0 Å². The van der Waals surface area contributed by atoms with Crippen molar-refractivity contribution in [1.82, 2.24) is 9.97 Å². The molecule has 7 nitrogen and oxygen atoms in total. The van der Waals surface area contributed by atoms with Crippen molar-refractivity contribution in [2.45, 2.75) is 57.7 Å². The Labute approximate surface area is 194 Å². The number of carbonyl (C=O) groups excluding carboxylic acids is 1. The predicted octanol–water partition coefficient (Wildman–Crippen LogP) is 3.97. The molecule has 2 atom stereocenters. The van der Waals surface area contributed by atoms with Crippen LogP contribution in [0.1, 0.15) is 51.0 Å². The van der Waals surface area contributed by atoms with E-state index in [9.17, 15) is 9.18 Å². The van der Waals surface area contributed by atoms with E-state index in [1.165, 1.54) is 6.20 Å². The molecule has 1 aromatic heterocycles. The lowest BCUT2D eigenvalue weighted by Crippen LogP contribution is -2.38. The number of halogens is 1. The van der Waals surface area contributed by atoms with E-state index in [4.69, 9.17) is 9.47 Å². The van der Waals surface area contributed by atoms with Gasteiger partial charge in [-0.1, -0.05) is 19.1 Å². The van der Waals surface area contributed by atoms with Crippen LogP contribution in [0.5, 0.6) is 5.75 Å². The largest absolute Gasteiger partial charge is 0.489 e. The Morgan fingerprint density at radius 3 is 2.45 bits per heavy atom. The summed E-state index contributed by atoms with van der Waals surface area (Å²) in [5, 5.41) is 0. The number of piperidine rings is 1. The Balaban J connectivity index is 1.36. The predicted molar refractivity (Wildman–Crippen MR) is 126 cm³/mol. The van der Waals surface area contributed by atoms with Crippen LogP contribution in [0.25, 0.3) is 0 Å². The summed E-state index contributed by atoms with van der Waals surface area (Å²) in [4.78, 5) is 24.2. The minimum absolute atomic E-state index is 0.0410. The summed E-state index contributed by atoms with van der Waals surface area (Å²) in [6.45, 7) is 6.52. The van der Waals surface area contributed by atoms with Crippen LogP contribution >= 0.6 is 0 Å². The fraction of sp³-hybridized carbons (Fsp3) is 0.560. The highest BCUT2D eigenvalue weighted by Gasteiger charge is 2.29. The molecular formula is C25H33FN4O3. The van der Waals surface area contributed by atoms with Gasteiger partial charge in [-0.05, 0) is 43.4 Å². The van der Waals surface area contributed by atoms with Crippen LogP contribution in [-0.2, 0) is 9.53 Å². The number of rotatable bonds is 8. The van der Waals surface area contributed by atoms with Crippen LogP contribution in [0.2, 0.25) is 0 Å². The third-order valence-corrected chi connectivity index (χ3v) is 6.56. The summed E-state index contributed by atoms with van der Waals surface area (Å²) in [5.41, 5.74) is 1.12. The van der Waals surface area contributed by atoms with Crippen molar-refractivity contribution in [3.8, 4) is 5.75 Å². The summed E-state index contributed by atoms with van der Waals surface area (Å²) in [5.74, 6) is 1.66. The molecule has 0 aliphatic carbocycles. The van der Waals surface area contributed by atoms with E-state index in [0.717, 1.165) is 43.7 Å². The number of anilines is 2. The van der Waals surface area contributed by atoms with Gasteiger partial charge in [0.05, 0.1) is 18.8 Å². The highest BCUT2D eigenvalue weighted by Crippen LogP contribution is 2.28. The van der Waals surface area contributed by atoms with Gasteiger partial charge in [-0.3, -0.25) is 0 Å². The Hall–Kier alpha value is -2.74. The lowest BCUT2D eigenvalue weighted by atomic mass is 9.96. The Morgan fingerprint density at radius 1 is 1.12 bits per heavy atom. The maximum absolute atomic E-state index is 14.6. The lowest BCUT2D eigenvalue weighted by Gasteiger charge is -2.31. The summed E-state index contributed by atoms with van der Waals surface area (Å²) < 4.78 is 26.2. The molecule has 2 saturated heterocycles. The fourth-order valence-corrected chi connectivity index (χ4v) is 4.65. The molecule has 0 bridgehead atoms. The van der Waals surface area contributed by atoms with Crippen molar-refractivity contribution in [1.29, 1.82) is 0 Å². The minimum Gasteiger partial charge on any atom is -0.489 e. The van der Waals surface area contributed by atoms with Crippen molar-refractivity contribution in [2.24, 2.45) is 0 Å². The normalized spacial score (nSPS) is 20.2. The van der Waals surface area contributed by atoms with Gasteiger partial charge >= 0.3 is 0 Å². The molecule has 0 radical (unpaired) electrons. The second-order valence-corrected chi connectivity index (χ2v) is 9.11. The molecule has 3 heterocycles. The number of ether oxygens (including phenoxy) is 2. The maximum atomic E-state index is 14.6. The van der Waals surface area contributed by atoms with Gasteiger partial charge < -0.3 is 24.1 Å². The molecule has 0 amide bonds. The Bertz CT molecular complexity index is 947.